The molecule has 1 aromatic heterocycles. The highest BCUT2D eigenvalue weighted by Crippen LogP contribution is 2.46. The van der Waals surface area contributed by atoms with Crippen LogP contribution in [0.3, 0.4) is 0 Å². The number of hydrogen-bond acceptors (Lipinski definition) is 19. The van der Waals surface area contributed by atoms with Crippen molar-refractivity contribution in [1.29, 1.82) is 0 Å². The summed E-state index contributed by atoms with van der Waals surface area (Å²) >= 11 is 9.43. The van der Waals surface area contributed by atoms with Crippen molar-refractivity contribution in [1.82, 2.24) is 44.8 Å². The fourth-order valence-corrected chi connectivity index (χ4v) is 21.0. The number of aromatic nitrogens is 1. The molecule has 6 aromatic rings. The maximum absolute atomic E-state index is 14.4. The molecule has 5 N–H and O–H groups in total. The summed E-state index contributed by atoms with van der Waals surface area (Å²) in [5, 5.41) is 20.5. The van der Waals surface area contributed by atoms with E-state index in [0.717, 1.165) is 129 Å². The zero-order valence-electron chi connectivity index (χ0n) is 66.5. The molecule has 5 aliphatic heterocycles. The van der Waals surface area contributed by atoms with Gasteiger partial charge in [-0.3, -0.25) is 33.8 Å². The van der Waals surface area contributed by atoms with Gasteiger partial charge >= 0.3 is 5.51 Å². The van der Waals surface area contributed by atoms with Crippen LogP contribution in [0.25, 0.3) is 16.0 Å². The van der Waals surface area contributed by atoms with Crippen LogP contribution in [-0.2, 0) is 43.8 Å². The van der Waals surface area contributed by atoms with E-state index in [9.17, 15) is 59.1 Å². The number of amides is 5. The number of nitrogens with one attached hydrogen (secondary N) is 4. The SMILES string of the molecule is Cc1ncsc1-c1ccc([C@H](C)NC(=O)[C@@H]2C[C@@H](O)CN2C(=O)[C@@H](NC(=O)CCCC(=O)N2CCC(C3CCN(CC4(C)CCC(c5ccc(Cl)cc5)=C(CN5CCN(c6ccc(C(=O)NS(=O)(=O)c7ccc(N[C@H](CCN8CCOCC8)CSc8ccccc8)c(S(=O)(=O)C(F)(F)F)c7)cc6)CC5)C4)CC3)CC2)C(C)(C)C)cc1. The molecule has 0 spiro atoms. The number of aliphatic hydroxyl groups excluding tert-OH is 1. The zero-order chi connectivity index (χ0) is 82.0. The molecule has 1 aliphatic carbocycles. The maximum Gasteiger partial charge on any atom is 0.501 e. The largest absolute Gasteiger partial charge is 0.501 e. The van der Waals surface area contributed by atoms with Gasteiger partial charge in [-0.2, -0.15) is 13.2 Å². The van der Waals surface area contributed by atoms with Gasteiger partial charge in [0.05, 0.1) is 52.0 Å². The topological polar surface area (TPSA) is 264 Å². The number of likely N-dealkylation sites (tertiary alicyclic amines) is 3. The van der Waals surface area contributed by atoms with E-state index in [2.05, 4.69) is 59.6 Å². The van der Waals surface area contributed by atoms with Crippen LogP contribution in [0.5, 0.6) is 0 Å². The van der Waals surface area contributed by atoms with E-state index in [1.54, 1.807) is 23.5 Å². The number of carbonyl (C=O) groups is 5. The summed E-state index contributed by atoms with van der Waals surface area (Å²) in [6.45, 7) is 22.8. The molecular weight excluding hydrogens is 1570 g/mol. The van der Waals surface area contributed by atoms with Crippen molar-refractivity contribution >= 4 is 101 Å². The number of piperidine rings is 2. The standard InChI is InChI=1S/C85H109ClF3N11O11S4/c1-57(59-15-17-63(18-16-59)78-58(2)90-56-113-78)91-81(105)74-49-69(101)53-100(74)82(106)79(83(3,4)5)93-76(102)13-10-14-77(103)99-39-32-61(33-40-99)60-30-36-97(37-31-60)55-84(6)35-29-72(62-19-23-66(86)24-20-62)65(51-84)52-96-41-43-98(44-42-96)68-25-21-64(22-26-68)80(104)94-115(109,110)71-27-28-73(75(50-71)114(107,108)85(87,88)89)92-67(34-38-95-45-47-111-48-46-95)54-112-70-11-8-7-9-12-70/h7-9,11-12,15-28,50,56-57,60-61,67,69,74,79,92,101H,10,13-14,29-49,51-55H2,1-6H3,(H,91,105)(H,93,102)(H,94,104)/t57-,67+,69+,74-,79+,84?/m0/s1. The molecule has 1 unspecified atom stereocenters. The second-order valence-corrected chi connectivity index (χ2v) is 39.2. The van der Waals surface area contributed by atoms with Crippen molar-refractivity contribution in [3.63, 3.8) is 0 Å². The minimum Gasteiger partial charge on any atom is -0.391 e. The van der Waals surface area contributed by atoms with Crippen LogP contribution in [-0.4, -0.2) is 221 Å². The minimum absolute atomic E-state index is 0.0266. The molecule has 12 rings (SSSR count). The summed E-state index contributed by atoms with van der Waals surface area (Å²) in [6, 6.07) is 31.4. The normalized spacial score (nSPS) is 21.1. The molecule has 30 heteroatoms. The number of halogens is 4. The quantitative estimate of drug-likeness (QED) is 0.0273. The first kappa shape index (κ1) is 86.9. The fourth-order valence-electron chi connectivity index (χ4n) is 17.1. The molecule has 5 amide bonds. The average Bonchev–Trinajstić information content (AvgIpc) is 1.49. The Labute approximate surface area is 688 Å². The number of allylic oxidation sites excluding steroid dienone is 1. The van der Waals surface area contributed by atoms with Gasteiger partial charge in [0.15, 0.2) is 0 Å². The third-order valence-electron chi connectivity index (χ3n) is 23.7. The van der Waals surface area contributed by atoms with Crippen LogP contribution in [0, 0.1) is 29.6 Å². The number of carbonyl (C=O) groups excluding carboxylic acids is 5. The lowest BCUT2D eigenvalue weighted by atomic mass is 9.70. The highest BCUT2D eigenvalue weighted by molar-refractivity contribution is 7.99. The van der Waals surface area contributed by atoms with Gasteiger partial charge in [-0.05, 0) is 196 Å². The van der Waals surface area contributed by atoms with Gasteiger partial charge in [-0.15, -0.1) is 23.1 Å². The predicted molar refractivity (Wildman–Crippen MR) is 445 cm³/mol. The number of alkyl halides is 3. The first-order chi connectivity index (χ1) is 54.8. The molecule has 22 nitrogen and oxygen atoms in total. The van der Waals surface area contributed by atoms with Gasteiger partial charge in [-0.25, -0.2) is 26.5 Å². The summed E-state index contributed by atoms with van der Waals surface area (Å²) in [4.78, 5) is 86.3. The number of β-amino-alcohol motifs (C(OH)–C–C–N with tert-alkyl or cyclic N) is 1. The minimum atomic E-state index is -6.11. The number of sulfone groups is 1. The number of thioether (sulfide) groups is 1. The second-order valence-electron chi connectivity index (χ2n) is 33.2. The molecule has 5 fully saturated rings. The number of ether oxygens (including phenoxy) is 1. The highest BCUT2D eigenvalue weighted by atomic mass is 35.5. The van der Waals surface area contributed by atoms with E-state index in [1.807, 2.05) is 116 Å². The highest BCUT2D eigenvalue weighted by Gasteiger charge is 2.49. The molecule has 622 valence electrons. The van der Waals surface area contributed by atoms with Crippen molar-refractivity contribution in [2.24, 2.45) is 22.7 Å². The Morgan fingerprint density at radius 1 is 0.774 bits per heavy atom. The first-order valence-electron chi connectivity index (χ1n) is 40.2. The van der Waals surface area contributed by atoms with Gasteiger partial charge in [0, 0.05) is 131 Å². The van der Waals surface area contributed by atoms with E-state index < -0.39 is 82.3 Å². The Kier molecular flexibility index (Phi) is 28.8. The molecule has 6 aliphatic rings. The van der Waals surface area contributed by atoms with Crippen LogP contribution in [0.2, 0.25) is 5.02 Å². The number of anilines is 2. The van der Waals surface area contributed by atoms with Crippen molar-refractivity contribution < 1.29 is 63.8 Å². The summed E-state index contributed by atoms with van der Waals surface area (Å²) in [7, 11) is -11.0. The van der Waals surface area contributed by atoms with Gasteiger partial charge in [-0.1, -0.05) is 99.5 Å². The Bertz CT molecular complexity index is 4630. The van der Waals surface area contributed by atoms with Crippen molar-refractivity contribution in [2.75, 3.05) is 121 Å². The molecule has 115 heavy (non-hydrogen) atoms. The number of piperazine rings is 1. The van der Waals surface area contributed by atoms with E-state index in [4.69, 9.17) is 16.3 Å². The fraction of sp³-hybridized carbons (Fsp3) is 0.529. The Hall–Kier alpha value is -7.45. The van der Waals surface area contributed by atoms with Crippen LogP contribution in [0.15, 0.2) is 147 Å². The Morgan fingerprint density at radius 2 is 1.43 bits per heavy atom. The van der Waals surface area contributed by atoms with Gasteiger partial charge in [0.25, 0.3) is 25.8 Å². The number of rotatable bonds is 29. The Morgan fingerprint density at radius 3 is 2.08 bits per heavy atom. The van der Waals surface area contributed by atoms with Crippen LogP contribution >= 0.6 is 34.7 Å². The van der Waals surface area contributed by atoms with Crippen LogP contribution < -0.4 is 25.6 Å². The zero-order valence-corrected chi connectivity index (χ0v) is 70.5. The number of nitrogens with zero attached hydrogens (tertiary/aromatic N) is 7. The third-order valence-corrected chi connectivity index (χ3v) is 29.0. The molecule has 6 atom stereocenters. The molecular formula is C85H109ClF3N11O11S4. The first-order valence-corrected chi connectivity index (χ1v) is 45.4. The lowest BCUT2D eigenvalue weighted by molar-refractivity contribution is -0.144. The third kappa shape index (κ3) is 22.5. The van der Waals surface area contributed by atoms with Gasteiger partial charge in [0.2, 0.25) is 23.6 Å². The maximum atomic E-state index is 14.4. The summed E-state index contributed by atoms with van der Waals surface area (Å²) < 4.78 is 105. The summed E-state index contributed by atoms with van der Waals surface area (Å²) in [5.41, 5.74) is 2.55. The molecule has 0 radical (unpaired) electrons. The number of benzene rings is 5. The van der Waals surface area contributed by atoms with Gasteiger partial charge in [0.1, 0.15) is 17.0 Å². The molecule has 6 heterocycles. The monoisotopic (exact) mass is 1680 g/mol. The summed E-state index contributed by atoms with van der Waals surface area (Å²) in [6.07, 6.45) is 7.20. The number of aliphatic hydroxyl groups is 1. The molecule has 0 saturated carbocycles. The molecule has 0 bridgehead atoms. The molecule has 5 saturated heterocycles. The van der Waals surface area contributed by atoms with Crippen LogP contribution in [0.4, 0.5) is 24.5 Å². The number of hydrogen-bond donors (Lipinski definition) is 5. The van der Waals surface area contributed by atoms with E-state index in [-0.39, 0.29) is 60.5 Å². The number of sulfonamides is 1. The second kappa shape index (κ2) is 38.1. The predicted octanol–water partition coefficient (Wildman–Crippen LogP) is 12.7. The number of morpholine rings is 1. The van der Waals surface area contributed by atoms with Gasteiger partial charge < -0.3 is 45.4 Å². The average molecular weight is 1680 g/mol. The van der Waals surface area contributed by atoms with Crippen molar-refractivity contribution in [3.05, 3.63) is 160 Å². The number of thiazole rings is 1. The lowest BCUT2D eigenvalue weighted by Crippen LogP contribution is -2.57. The van der Waals surface area contributed by atoms with Crippen molar-refractivity contribution in [3.8, 4) is 10.4 Å². The Balaban J connectivity index is 0.586. The number of aryl methyl sites for hydroxylation is 1. The van der Waals surface area contributed by atoms with Crippen molar-refractivity contribution in [2.45, 2.75) is 169 Å². The lowest BCUT2D eigenvalue weighted by Gasteiger charge is -2.45. The van der Waals surface area contributed by atoms with E-state index in [1.165, 1.54) is 45.5 Å². The van der Waals surface area contributed by atoms with Crippen LogP contribution in [0.1, 0.15) is 145 Å². The van der Waals surface area contributed by atoms with E-state index in [0.29, 0.717) is 101 Å². The van der Waals surface area contributed by atoms with E-state index >= 15 is 0 Å². The molecule has 5 aromatic carbocycles. The summed E-state index contributed by atoms with van der Waals surface area (Å²) in [5.74, 6) is -0.746. The smallest absolute Gasteiger partial charge is 0.391 e.